The van der Waals surface area contributed by atoms with Crippen LogP contribution in [0.3, 0.4) is 0 Å². The van der Waals surface area contributed by atoms with Crippen LogP contribution in [0.2, 0.25) is 10.0 Å². The van der Waals surface area contributed by atoms with E-state index in [0.29, 0.717) is 58.8 Å². The van der Waals surface area contributed by atoms with Gasteiger partial charge in [0.2, 0.25) is 11.8 Å². The molecule has 2 aromatic heterocycles. The van der Waals surface area contributed by atoms with Crippen LogP contribution in [0.25, 0.3) is 11.3 Å². The molecule has 11 nitrogen and oxygen atoms in total. The van der Waals surface area contributed by atoms with Gasteiger partial charge in [-0.15, -0.1) is 0 Å². The van der Waals surface area contributed by atoms with Gasteiger partial charge in [-0.2, -0.15) is 18.0 Å². The minimum atomic E-state index is -3.65. The lowest BCUT2D eigenvalue weighted by Crippen LogP contribution is -2.50. The number of aromatic nitrogens is 2. The quantitative estimate of drug-likeness (QED) is 0.324. The van der Waals surface area contributed by atoms with Crippen LogP contribution in [0.1, 0.15) is 25.3 Å². The molecule has 1 saturated carbocycles. The highest BCUT2D eigenvalue weighted by Gasteiger charge is 2.47. The third kappa shape index (κ3) is 8.50. The molecule has 1 aliphatic heterocycles. The van der Waals surface area contributed by atoms with E-state index in [1.807, 2.05) is 17.9 Å². The summed E-state index contributed by atoms with van der Waals surface area (Å²) in [6.07, 6.45) is 4.80. The van der Waals surface area contributed by atoms with Crippen molar-refractivity contribution in [3.8, 4) is 22.9 Å². The average molecular weight is 636 g/mol. The Morgan fingerprint density at radius 2 is 1.67 bits per heavy atom. The van der Waals surface area contributed by atoms with Crippen molar-refractivity contribution in [3.63, 3.8) is 0 Å². The fraction of sp³-hybridized carbons (Fsp3) is 0.357. The molecule has 5 rings (SSSR count). The van der Waals surface area contributed by atoms with E-state index in [4.69, 9.17) is 41.7 Å². The first-order chi connectivity index (χ1) is 19.9. The molecule has 0 bridgehead atoms. The summed E-state index contributed by atoms with van der Waals surface area (Å²) in [6, 6.07) is 12.0. The lowest BCUT2D eigenvalue weighted by Gasteiger charge is -2.36. The summed E-state index contributed by atoms with van der Waals surface area (Å²) in [5.41, 5.74) is 1.51. The van der Waals surface area contributed by atoms with E-state index < -0.39 is 10.1 Å². The van der Waals surface area contributed by atoms with Crippen molar-refractivity contribution in [2.75, 3.05) is 37.3 Å². The summed E-state index contributed by atoms with van der Waals surface area (Å²) in [5.74, 6) is 1.74. The molecule has 0 unspecified atom stereocenters. The molecule has 1 aliphatic carbocycles. The minimum absolute atomic E-state index is 0.152. The number of nitrogens with zero attached hydrogens (tertiary/aromatic N) is 4. The number of hydrogen-bond donors (Lipinski definition) is 0. The summed E-state index contributed by atoms with van der Waals surface area (Å²) >= 11 is 12.4. The van der Waals surface area contributed by atoms with Crippen LogP contribution in [0, 0.1) is 5.41 Å². The molecule has 14 heteroatoms. The van der Waals surface area contributed by atoms with E-state index in [1.54, 1.807) is 42.6 Å². The molecule has 3 heterocycles. The Balaban J connectivity index is 0.00000129. The van der Waals surface area contributed by atoms with Gasteiger partial charge in [-0.25, -0.2) is 9.97 Å². The third-order valence-corrected chi connectivity index (χ3v) is 7.79. The van der Waals surface area contributed by atoms with Crippen LogP contribution in [-0.4, -0.2) is 67.8 Å². The number of piperazine rings is 1. The van der Waals surface area contributed by atoms with E-state index in [-0.39, 0.29) is 30.0 Å². The van der Waals surface area contributed by atoms with Crippen molar-refractivity contribution in [1.82, 2.24) is 14.9 Å². The second-order valence-corrected chi connectivity index (χ2v) is 12.7. The summed E-state index contributed by atoms with van der Waals surface area (Å²) < 4.78 is 34.1. The van der Waals surface area contributed by atoms with Crippen molar-refractivity contribution in [2.45, 2.75) is 26.4 Å². The average Bonchev–Trinajstić information content (AvgIpc) is 3.70. The van der Waals surface area contributed by atoms with Gasteiger partial charge in [-0.05, 0) is 54.8 Å². The minimum Gasteiger partial charge on any atom is -0.437 e. The van der Waals surface area contributed by atoms with Crippen molar-refractivity contribution < 1.29 is 31.7 Å². The Hall–Kier alpha value is -3.54. The number of rotatable bonds is 8. The lowest BCUT2D eigenvalue weighted by molar-refractivity contribution is -0.191. The maximum Gasteiger partial charge on any atom is 0.373 e. The first-order valence-electron chi connectivity index (χ1n) is 12.9. The first-order valence-corrected chi connectivity index (χ1v) is 15.5. The molecular weight excluding hydrogens is 607 g/mol. The molecule has 3 aromatic rings. The molecule has 1 amide bonds. The Bertz CT molecular complexity index is 1560. The highest BCUT2D eigenvalue weighted by molar-refractivity contribution is 7.85. The summed E-state index contributed by atoms with van der Waals surface area (Å²) in [4.78, 5) is 42.1. The lowest BCUT2D eigenvalue weighted by atomic mass is 10.1. The van der Waals surface area contributed by atoms with Crippen LogP contribution in [0.4, 0.5) is 5.82 Å². The van der Waals surface area contributed by atoms with E-state index >= 15 is 0 Å². The Morgan fingerprint density at radius 3 is 2.21 bits per heavy atom. The third-order valence-electron chi connectivity index (χ3n) is 6.81. The number of amides is 1. The summed E-state index contributed by atoms with van der Waals surface area (Å²) in [5, 5.41) is 0.873. The Morgan fingerprint density at radius 1 is 1.02 bits per heavy atom. The number of pyridine rings is 2. The highest BCUT2D eigenvalue weighted by atomic mass is 35.5. The number of carbonyl (C=O) groups excluding carboxylic acids is 3. The Labute approximate surface area is 253 Å². The van der Waals surface area contributed by atoms with E-state index in [9.17, 15) is 13.2 Å². The maximum atomic E-state index is 12.6. The van der Waals surface area contributed by atoms with Crippen molar-refractivity contribution in [2.24, 2.45) is 5.41 Å². The zero-order valence-corrected chi connectivity index (χ0v) is 25.2. The van der Waals surface area contributed by atoms with Crippen LogP contribution in [-0.2, 0) is 35.3 Å². The molecule has 2 fully saturated rings. The predicted molar refractivity (Wildman–Crippen MR) is 155 cm³/mol. The summed E-state index contributed by atoms with van der Waals surface area (Å²) in [6.45, 7) is 4.63. The van der Waals surface area contributed by atoms with Gasteiger partial charge in [0.15, 0.2) is 0 Å². The van der Waals surface area contributed by atoms with Crippen molar-refractivity contribution in [3.05, 3.63) is 64.3 Å². The van der Waals surface area contributed by atoms with Gasteiger partial charge in [-0.3, -0.25) is 8.98 Å². The van der Waals surface area contributed by atoms with Gasteiger partial charge < -0.3 is 14.5 Å². The van der Waals surface area contributed by atoms with Gasteiger partial charge in [0.05, 0.1) is 24.8 Å². The molecule has 0 N–H and O–H groups in total. The monoisotopic (exact) mass is 634 g/mol. The predicted octanol–water partition coefficient (Wildman–Crippen LogP) is 4.58. The normalized spacial score (nSPS) is 15.7. The molecular formula is C28H28Cl2N4O7S. The summed E-state index contributed by atoms with van der Waals surface area (Å²) in [7, 11) is -3.65. The molecule has 0 radical (unpaired) electrons. The van der Waals surface area contributed by atoms with Crippen LogP contribution >= 0.6 is 23.2 Å². The van der Waals surface area contributed by atoms with Gasteiger partial charge in [-0.1, -0.05) is 30.1 Å². The van der Waals surface area contributed by atoms with Gasteiger partial charge in [0.1, 0.15) is 11.6 Å². The fourth-order valence-electron chi connectivity index (χ4n) is 4.38. The Kier molecular flexibility index (Phi) is 9.85. The van der Waals surface area contributed by atoms with E-state index in [2.05, 4.69) is 14.9 Å². The number of ether oxygens (including phenoxy) is 1. The SMILES string of the molecule is CC1(C(=O)N2CCN(c3ccc(Oc4cc(COS(C)(=O)=O)cc(-c5cc(Cl)cc(Cl)c5)n4)cn3)CC2)CC1.O=C=O. The van der Waals surface area contributed by atoms with Gasteiger partial charge in [0.25, 0.3) is 10.1 Å². The number of halogens is 2. The zero-order chi connectivity index (χ0) is 30.5. The molecule has 0 spiro atoms. The highest BCUT2D eigenvalue weighted by Crippen LogP contribution is 2.46. The number of hydrogen-bond acceptors (Lipinski definition) is 10. The largest absolute Gasteiger partial charge is 0.437 e. The molecule has 42 heavy (non-hydrogen) atoms. The number of anilines is 1. The second-order valence-electron chi connectivity index (χ2n) is 10.2. The van der Waals surface area contributed by atoms with Crippen LogP contribution < -0.4 is 9.64 Å². The molecule has 222 valence electrons. The molecule has 2 aliphatic rings. The maximum absolute atomic E-state index is 12.6. The molecule has 1 saturated heterocycles. The fourth-order valence-corrected chi connectivity index (χ4v) is 5.26. The number of benzene rings is 1. The standard InChI is InChI=1S/C27H28Cl2N4O5S.CO2/c1-27(5-6-27)26(34)33-9-7-32(8-10-33)24-4-3-22(16-30-24)38-25-12-18(17-37-39(2,35)36)11-23(31-25)19-13-20(28)15-21(29)14-19;2-1-3/h3-4,11-16H,5-10,17H2,1-2H3;. The zero-order valence-electron chi connectivity index (χ0n) is 22.9. The van der Waals surface area contributed by atoms with E-state index in [0.717, 1.165) is 24.9 Å². The van der Waals surface area contributed by atoms with E-state index in [1.165, 1.54) is 0 Å². The molecule has 0 atom stereocenters. The van der Waals surface area contributed by atoms with Gasteiger partial charge in [0, 0.05) is 53.3 Å². The van der Waals surface area contributed by atoms with Crippen molar-refractivity contribution >= 4 is 51.2 Å². The second kappa shape index (κ2) is 13.2. The smallest absolute Gasteiger partial charge is 0.373 e. The molecule has 1 aromatic carbocycles. The van der Waals surface area contributed by atoms with Crippen LogP contribution in [0.15, 0.2) is 48.7 Å². The topological polar surface area (TPSA) is 136 Å². The van der Waals surface area contributed by atoms with Gasteiger partial charge >= 0.3 is 6.15 Å². The first kappa shape index (κ1) is 31.4. The number of carbonyl (C=O) groups is 1. The van der Waals surface area contributed by atoms with Crippen molar-refractivity contribution in [1.29, 1.82) is 0 Å². The van der Waals surface area contributed by atoms with Crippen LogP contribution in [0.5, 0.6) is 11.6 Å².